The molecule has 1 aliphatic heterocycles. The number of ether oxygens (including phenoxy) is 1. The highest BCUT2D eigenvalue weighted by Crippen LogP contribution is 2.34. The average molecular weight is 318 g/mol. The fourth-order valence-electron chi connectivity index (χ4n) is 3.09. The number of rotatable bonds is 5. The zero-order valence-electron chi connectivity index (χ0n) is 15.1. The summed E-state index contributed by atoms with van der Waals surface area (Å²) in [4.78, 5) is 14.1. The Bertz CT molecular complexity index is 517. The molecule has 1 amide bonds. The summed E-state index contributed by atoms with van der Waals surface area (Å²) in [5.74, 6) is 0.743. The Labute approximate surface area is 140 Å². The van der Waals surface area contributed by atoms with Gasteiger partial charge in [0.05, 0.1) is 13.2 Å². The lowest BCUT2D eigenvalue weighted by atomic mass is 9.90. The van der Waals surface area contributed by atoms with Gasteiger partial charge >= 0.3 is 0 Å². The Hall–Kier alpha value is -1.39. The lowest BCUT2D eigenvalue weighted by molar-refractivity contribution is -0.114. The molecule has 0 spiro atoms. The summed E-state index contributed by atoms with van der Waals surface area (Å²) in [7, 11) is 0. The summed E-state index contributed by atoms with van der Waals surface area (Å²) >= 11 is 0. The molecule has 0 unspecified atom stereocenters. The molecule has 1 saturated heterocycles. The molecule has 0 radical (unpaired) electrons. The zero-order valence-corrected chi connectivity index (χ0v) is 15.1. The van der Waals surface area contributed by atoms with Crippen LogP contribution in [0.4, 0.5) is 5.69 Å². The van der Waals surface area contributed by atoms with Gasteiger partial charge in [0, 0.05) is 32.2 Å². The van der Waals surface area contributed by atoms with E-state index in [1.807, 2.05) is 0 Å². The van der Waals surface area contributed by atoms with Gasteiger partial charge in [-0.05, 0) is 28.5 Å². The number of hydrogen-bond acceptors (Lipinski definition) is 3. The predicted octanol–water partition coefficient (Wildman–Crippen LogP) is 3.72. The van der Waals surface area contributed by atoms with Crippen molar-refractivity contribution in [2.24, 2.45) is 0 Å². The Morgan fingerprint density at radius 3 is 2.09 bits per heavy atom. The van der Waals surface area contributed by atoms with Crippen LogP contribution in [-0.4, -0.2) is 37.1 Å². The molecule has 1 aliphatic rings. The molecule has 4 heteroatoms. The fraction of sp³-hybridized carbons (Fsp3) is 0.632. The Morgan fingerprint density at radius 2 is 1.65 bits per heavy atom. The number of benzene rings is 1. The smallest absolute Gasteiger partial charge is 0.221 e. The van der Waals surface area contributed by atoms with Gasteiger partial charge < -0.3 is 10.1 Å². The molecule has 128 valence electrons. The Morgan fingerprint density at radius 1 is 1.13 bits per heavy atom. The van der Waals surface area contributed by atoms with Crippen molar-refractivity contribution in [2.75, 3.05) is 31.6 Å². The molecule has 1 N–H and O–H groups in total. The van der Waals surface area contributed by atoms with Crippen LogP contribution in [0.3, 0.4) is 0 Å². The lowest BCUT2D eigenvalue weighted by Crippen LogP contribution is -2.35. The topological polar surface area (TPSA) is 41.6 Å². The minimum absolute atomic E-state index is 0.00488. The Balaban J connectivity index is 2.38. The van der Waals surface area contributed by atoms with Gasteiger partial charge in [0.15, 0.2) is 0 Å². The first kappa shape index (κ1) is 18.0. The second kappa shape index (κ2) is 7.93. The molecule has 2 rings (SSSR count). The van der Waals surface area contributed by atoms with Crippen molar-refractivity contribution >= 4 is 11.6 Å². The second-order valence-electron chi connectivity index (χ2n) is 7.03. The maximum absolute atomic E-state index is 11.6. The highest BCUT2D eigenvalue weighted by molar-refractivity contribution is 5.91. The van der Waals surface area contributed by atoms with Crippen LogP contribution in [0.2, 0.25) is 0 Å². The van der Waals surface area contributed by atoms with Gasteiger partial charge in [-0.25, -0.2) is 0 Å². The van der Waals surface area contributed by atoms with Crippen LogP contribution in [0, 0.1) is 0 Å². The van der Waals surface area contributed by atoms with E-state index in [9.17, 15) is 4.79 Å². The van der Waals surface area contributed by atoms with E-state index in [0.717, 1.165) is 38.5 Å². The largest absolute Gasteiger partial charge is 0.379 e. The van der Waals surface area contributed by atoms with Crippen molar-refractivity contribution in [2.45, 2.75) is 53.0 Å². The van der Waals surface area contributed by atoms with Gasteiger partial charge in [-0.3, -0.25) is 9.69 Å². The van der Waals surface area contributed by atoms with Gasteiger partial charge in [-0.15, -0.1) is 0 Å². The van der Waals surface area contributed by atoms with E-state index in [1.54, 1.807) is 6.92 Å². The number of anilines is 1. The summed E-state index contributed by atoms with van der Waals surface area (Å²) in [6.07, 6.45) is 0. The molecule has 1 aromatic carbocycles. The minimum Gasteiger partial charge on any atom is -0.379 e. The van der Waals surface area contributed by atoms with Gasteiger partial charge in [0.1, 0.15) is 0 Å². The highest BCUT2D eigenvalue weighted by Gasteiger charge is 2.18. The number of amides is 1. The summed E-state index contributed by atoms with van der Waals surface area (Å²) in [6, 6.07) is 4.52. The van der Waals surface area contributed by atoms with E-state index >= 15 is 0 Å². The average Bonchev–Trinajstić information content (AvgIpc) is 2.48. The van der Waals surface area contributed by atoms with Crippen LogP contribution in [0.15, 0.2) is 12.1 Å². The van der Waals surface area contributed by atoms with Gasteiger partial charge in [0.25, 0.3) is 0 Å². The molecule has 0 saturated carbocycles. The summed E-state index contributed by atoms with van der Waals surface area (Å²) in [6.45, 7) is 14.9. The fourth-order valence-corrected chi connectivity index (χ4v) is 3.09. The minimum atomic E-state index is -0.00488. The zero-order chi connectivity index (χ0) is 17.0. The van der Waals surface area contributed by atoms with Crippen LogP contribution in [0.1, 0.15) is 63.1 Å². The van der Waals surface area contributed by atoms with E-state index < -0.39 is 0 Å². The first-order valence-corrected chi connectivity index (χ1v) is 8.63. The molecule has 0 bridgehead atoms. The van der Waals surface area contributed by atoms with Crippen LogP contribution in [-0.2, 0) is 16.1 Å². The number of hydrogen-bond donors (Lipinski definition) is 1. The standard InChI is InChI=1S/C19H30N2O2/c1-13(2)17-10-16(12-21-6-8-23-9-7-21)11-18(14(3)4)19(17)20-15(5)22/h10-11,13-14H,6-9,12H2,1-5H3,(H,20,22). The molecular weight excluding hydrogens is 288 g/mol. The molecule has 1 fully saturated rings. The van der Waals surface area contributed by atoms with Crippen molar-refractivity contribution < 1.29 is 9.53 Å². The van der Waals surface area contributed by atoms with Crippen molar-refractivity contribution in [3.63, 3.8) is 0 Å². The summed E-state index contributed by atoms with van der Waals surface area (Å²) < 4.78 is 5.44. The molecular formula is C19H30N2O2. The third-order valence-electron chi connectivity index (χ3n) is 4.31. The van der Waals surface area contributed by atoms with Crippen LogP contribution >= 0.6 is 0 Å². The summed E-state index contributed by atoms with van der Waals surface area (Å²) in [5.41, 5.74) is 4.80. The monoisotopic (exact) mass is 318 g/mol. The Kier molecular flexibility index (Phi) is 6.19. The van der Waals surface area contributed by atoms with Crippen molar-refractivity contribution in [3.05, 3.63) is 28.8 Å². The van der Waals surface area contributed by atoms with E-state index in [2.05, 4.69) is 50.0 Å². The predicted molar refractivity (Wildman–Crippen MR) is 95.0 cm³/mol. The maximum Gasteiger partial charge on any atom is 0.221 e. The molecule has 1 aromatic rings. The first-order valence-electron chi connectivity index (χ1n) is 8.63. The lowest BCUT2D eigenvalue weighted by Gasteiger charge is -2.28. The SMILES string of the molecule is CC(=O)Nc1c(C(C)C)cc(CN2CCOCC2)cc1C(C)C. The van der Waals surface area contributed by atoms with Crippen LogP contribution in [0.25, 0.3) is 0 Å². The van der Waals surface area contributed by atoms with Gasteiger partial charge in [-0.1, -0.05) is 39.8 Å². The number of nitrogens with one attached hydrogen (secondary N) is 1. The van der Waals surface area contributed by atoms with Crippen molar-refractivity contribution in [3.8, 4) is 0 Å². The van der Waals surface area contributed by atoms with E-state index in [4.69, 9.17) is 4.74 Å². The van der Waals surface area contributed by atoms with Crippen LogP contribution < -0.4 is 5.32 Å². The van der Waals surface area contributed by atoms with E-state index in [-0.39, 0.29) is 5.91 Å². The quantitative estimate of drug-likeness (QED) is 0.899. The molecule has 1 heterocycles. The number of morpholine rings is 1. The maximum atomic E-state index is 11.6. The van der Waals surface area contributed by atoms with Gasteiger partial charge in [0.2, 0.25) is 5.91 Å². The molecule has 0 aromatic heterocycles. The normalized spacial score (nSPS) is 16.1. The summed E-state index contributed by atoms with van der Waals surface area (Å²) in [5, 5.41) is 3.06. The molecule has 4 nitrogen and oxygen atoms in total. The van der Waals surface area contributed by atoms with Crippen molar-refractivity contribution in [1.82, 2.24) is 4.90 Å². The van der Waals surface area contributed by atoms with Crippen LogP contribution in [0.5, 0.6) is 0 Å². The highest BCUT2D eigenvalue weighted by atomic mass is 16.5. The first-order chi connectivity index (χ1) is 10.9. The molecule has 0 aliphatic carbocycles. The molecule has 23 heavy (non-hydrogen) atoms. The molecule has 0 atom stereocenters. The van der Waals surface area contributed by atoms with E-state index in [0.29, 0.717) is 11.8 Å². The third-order valence-corrected chi connectivity index (χ3v) is 4.31. The number of nitrogens with zero attached hydrogens (tertiary/aromatic N) is 1. The third kappa shape index (κ3) is 4.79. The number of carbonyl (C=O) groups excluding carboxylic acids is 1. The van der Waals surface area contributed by atoms with E-state index in [1.165, 1.54) is 16.7 Å². The number of carbonyl (C=O) groups is 1. The van der Waals surface area contributed by atoms with Crippen molar-refractivity contribution in [1.29, 1.82) is 0 Å². The van der Waals surface area contributed by atoms with Gasteiger partial charge in [-0.2, -0.15) is 0 Å². The second-order valence-corrected chi connectivity index (χ2v) is 7.03.